The quantitative estimate of drug-likeness (QED) is 0.282. The Hall–Kier alpha value is -2.87. The van der Waals surface area contributed by atoms with E-state index in [4.69, 9.17) is 23.2 Å². The molecule has 1 aromatic heterocycles. The van der Waals surface area contributed by atoms with Crippen LogP contribution in [0.25, 0.3) is 16.6 Å². The molecule has 0 bridgehead atoms. The Labute approximate surface area is 197 Å². The van der Waals surface area contributed by atoms with Crippen molar-refractivity contribution in [1.82, 2.24) is 9.55 Å². The van der Waals surface area contributed by atoms with Crippen LogP contribution in [-0.2, 0) is 4.79 Å². The summed E-state index contributed by atoms with van der Waals surface area (Å²) in [5.41, 5.74) is 2.07. The van der Waals surface area contributed by atoms with Gasteiger partial charge >= 0.3 is 0 Å². The SMILES string of the molecule is Cc1ccc(-n2c(SCC(=O)Nc3ccc(F)c(Cl)c3)nc3ccccc3c2=O)cc1Cl. The second-order valence-corrected chi connectivity index (χ2v) is 8.71. The van der Waals surface area contributed by atoms with Crippen molar-refractivity contribution in [3.05, 3.63) is 92.4 Å². The van der Waals surface area contributed by atoms with Crippen LogP contribution in [0.1, 0.15) is 5.56 Å². The predicted molar refractivity (Wildman–Crippen MR) is 128 cm³/mol. The van der Waals surface area contributed by atoms with Gasteiger partial charge < -0.3 is 5.32 Å². The van der Waals surface area contributed by atoms with E-state index in [9.17, 15) is 14.0 Å². The molecule has 1 heterocycles. The van der Waals surface area contributed by atoms with Crippen LogP contribution in [0.15, 0.2) is 70.6 Å². The monoisotopic (exact) mass is 487 g/mol. The van der Waals surface area contributed by atoms with Gasteiger partial charge in [-0.15, -0.1) is 0 Å². The summed E-state index contributed by atoms with van der Waals surface area (Å²) in [6.45, 7) is 1.87. The number of hydrogen-bond acceptors (Lipinski definition) is 4. The van der Waals surface area contributed by atoms with Crippen molar-refractivity contribution < 1.29 is 9.18 Å². The first-order chi connectivity index (χ1) is 15.3. The molecule has 0 spiro atoms. The average Bonchev–Trinajstić information content (AvgIpc) is 2.77. The van der Waals surface area contributed by atoms with Crippen molar-refractivity contribution in [1.29, 1.82) is 0 Å². The summed E-state index contributed by atoms with van der Waals surface area (Å²) >= 11 is 13.2. The lowest BCUT2D eigenvalue weighted by Crippen LogP contribution is -2.23. The minimum absolute atomic E-state index is 0.0284. The Kier molecular flexibility index (Phi) is 6.50. The fourth-order valence-corrected chi connectivity index (χ4v) is 4.23. The van der Waals surface area contributed by atoms with Gasteiger partial charge in [0.05, 0.1) is 27.4 Å². The van der Waals surface area contributed by atoms with E-state index >= 15 is 0 Å². The Morgan fingerprint density at radius 1 is 1.09 bits per heavy atom. The Morgan fingerprint density at radius 3 is 2.62 bits per heavy atom. The van der Waals surface area contributed by atoms with Crippen LogP contribution in [0, 0.1) is 12.7 Å². The number of amides is 1. The van der Waals surface area contributed by atoms with E-state index < -0.39 is 5.82 Å². The van der Waals surface area contributed by atoms with Crippen LogP contribution in [0.5, 0.6) is 0 Å². The van der Waals surface area contributed by atoms with Gasteiger partial charge in [-0.2, -0.15) is 0 Å². The van der Waals surface area contributed by atoms with Crippen LogP contribution in [0.2, 0.25) is 10.0 Å². The number of aryl methyl sites for hydroxylation is 1. The van der Waals surface area contributed by atoms with Gasteiger partial charge in [0.25, 0.3) is 5.56 Å². The first-order valence-electron chi connectivity index (χ1n) is 9.49. The van der Waals surface area contributed by atoms with Crippen LogP contribution < -0.4 is 10.9 Å². The number of anilines is 1. The fourth-order valence-electron chi connectivity index (χ4n) is 3.06. The maximum atomic E-state index is 13.3. The molecule has 0 atom stereocenters. The van der Waals surface area contributed by atoms with Crippen LogP contribution in [0.4, 0.5) is 10.1 Å². The molecule has 0 fully saturated rings. The van der Waals surface area contributed by atoms with Gasteiger partial charge in [-0.1, -0.05) is 53.2 Å². The van der Waals surface area contributed by atoms with Crippen LogP contribution in [0.3, 0.4) is 0 Å². The first-order valence-corrected chi connectivity index (χ1v) is 11.2. The molecule has 0 radical (unpaired) electrons. The highest BCUT2D eigenvalue weighted by molar-refractivity contribution is 7.99. The summed E-state index contributed by atoms with van der Waals surface area (Å²) in [7, 11) is 0. The number of rotatable bonds is 5. The van der Waals surface area contributed by atoms with E-state index in [1.54, 1.807) is 36.4 Å². The molecular weight excluding hydrogens is 472 g/mol. The molecule has 4 rings (SSSR count). The minimum Gasteiger partial charge on any atom is -0.325 e. The maximum Gasteiger partial charge on any atom is 0.266 e. The summed E-state index contributed by atoms with van der Waals surface area (Å²) in [4.78, 5) is 30.3. The summed E-state index contributed by atoms with van der Waals surface area (Å²) in [5.74, 6) is -0.951. The third kappa shape index (κ3) is 4.65. The smallest absolute Gasteiger partial charge is 0.266 e. The van der Waals surface area contributed by atoms with E-state index in [-0.39, 0.29) is 22.2 Å². The lowest BCUT2D eigenvalue weighted by molar-refractivity contribution is -0.113. The van der Waals surface area contributed by atoms with Gasteiger partial charge in [0, 0.05) is 10.7 Å². The molecule has 5 nitrogen and oxygen atoms in total. The number of thioether (sulfide) groups is 1. The minimum atomic E-state index is -0.569. The standard InChI is InChI=1S/C23H16Cl2FN3O2S/c1-13-6-8-15(11-17(13)24)29-22(31)16-4-2-3-5-20(16)28-23(29)32-12-21(30)27-14-7-9-19(26)18(25)10-14/h2-11H,12H2,1H3,(H,27,30). The molecule has 0 saturated heterocycles. The molecule has 0 aliphatic heterocycles. The molecule has 32 heavy (non-hydrogen) atoms. The number of para-hydroxylation sites is 1. The number of halogens is 3. The molecule has 0 saturated carbocycles. The van der Waals surface area contributed by atoms with Crippen LogP contribution >= 0.6 is 35.0 Å². The zero-order valence-electron chi connectivity index (χ0n) is 16.7. The Balaban J connectivity index is 1.67. The van der Waals surface area contributed by atoms with E-state index in [2.05, 4.69) is 10.3 Å². The highest BCUT2D eigenvalue weighted by Crippen LogP contribution is 2.25. The van der Waals surface area contributed by atoms with Crippen molar-refractivity contribution in [2.45, 2.75) is 12.1 Å². The second kappa shape index (κ2) is 9.32. The first kappa shape index (κ1) is 22.3. The molecule has 9 heteroatoms. The van der Waals surface area contributed by atoms with Gasteiger partial charge in [-0.25, -0.2) is 9.37 Å². The molecule has 4 aromatic rings. The number of fused-ring (bicyclic) bond motifs is 1. The van der Waals surface area contributed by atoms with Crippen molar-refractivity contribution >= 4 is 57.5 Å². The fraction of sp³-hybridized carbons (Fsp3) is 0.0870. The van der Waals surface area contributed by atoms with Gasteiger partial charge in [-0.05, 0) is 55.0 Å². The molecule has 3 aromatic carbocycles. The molecule has 0 unspecified atom stereocenters. The maximum absolute atomic E-state index is 13.3. The highest BCUT2D eigenvalue weighted by Gasteiger charge is 2.16. The summed E-state index contributed by atoms with van der Waals surface area (Å²) in [6, 6.07) is 16.2. The number of hydrogen-bond donors (Lipinski definition) is 1. The van der Waals surface area contributed by atoms with Gasteiger partial charge in [0.2, 0.25) is 5.91 Å². The predicted octanol–water partition coefficient (Wildman–Crippen LogP) is 5.87. The van der Waals surface area contributed by atoms with E-state index in [1.165, 1.54) is 22.8 Å². The summed E-state index contributed by atoms with van der Waals surface area (Å²) < 4.78 is 14.8. The number of carbonyl (C=O) groups excluding carboxylic acids is 1. The number of carbonyl (C=O) groups is 1. The zero-order valence-corrected chi connectivity index (χ0v) is 19.1. The molecule has 1 amide bonds. The van der Waals surface area contributed by atoms with E-state index in [0.717, 1.165) is 17.3 Å². The van der Waals surface area contributed by atoms with Gasteiger partial charge in [-0.3, -0.25) is 14.2 Å². The molecule has 0 aliphatic carbocycles. The van der Waals surface area contributed by atoms with Crippen LogP contribution in [-0.4, -0.2) is 21.2 Å². The lowest BCUT2D eigenvalue weighted by Gasteiger charge is -2.14. The van der Waals surface area contributed by atoms with Gasteiger partial charge in [0.15, 0.2) is 5.16 Å². The highest BCUT2D eigenvalue weighted by atomic mass is 35.5. The molecule has 162 valence electrons. The third-order valence-electron chi connectivity index (χ3n) is 4.69. The normalized spacial score (nSPS) is 11.0. The number of aromatic nitrogens is 2. The Bertz CT molecular complexity index is 1410. The topological polar surface area (TPSA) is 64.0 Å². The van der Waals surface area contributed by atoms with Crippen molar-refractivity contribution in [2.24, 2.45) is 0 Å². The largest absolute Gasteiger partial charge is 0.325 e. The lowest BCUT2D eigenvalue weighted by atomic mass is 10.2. The van der Waals surface area contributed by atoms with Gasteiger partial charge in [0.1, 0.15) is 5.82 Å². The average molecular weight is 488 g/mol. The second-order valence-electron chi connectivity index (χ2n) is 6.95. The van der Waals surface area contributed by atoms with Crippen molar-refractivity contribution in [3.63, 3.8) is 0 Å². The molecule has 1 N–H and O–H groups in total. The summed E-state index contributed by atoms with van der Waals surface area (Å²) in [6.07, 6.45) is 0. The third-order valence-corrected chi connectivity index (χ3v) is 6.33. The molecular formula is C23H16Cl2FN3O2S. The zero-order chi connectivity index (χ0) is 22.8. The van der Waals surface area contributed by atoms with Crippen molar-refractivity contribution in [2.75, 3.05) is 11.1 Å². The number of nitrogens with one attached hydrogen (secondary N) is 1. The number of nitrogens with zero attached hydrogens (tertiary/aromatic N) is 2. The molecule has 0 aliphatic rings. The van der Waals surface area contributed by atoms with E-state index in [0.29, 0.717) is 32.5 Å². The van der Waals surface area contributed by atoms with E-state index in [1.807, 2.05) is 13.0 Å². The Morgan fingerprint density at radius 2 is 1.88 bits per heavy atom. The van der Waals surface area contributed by atoms with Crippen molar-refractivity contribution in [3.8, 4) is 5.69 Å². The number of benzene rings is 3. The summed E-state index contributed by atoms with van der Waals surface area (Å²) in [5, 5.41) is 3.90.